The van der Waals surface area contributed by atoms with Crippen molar-refractivity contribution in [2.24, 2.45) is 5.73 Å². The van der Waals surface area contributed by atoms with Gasteiger partial charge in [0, 0.05) is 12.6 Å². The third-order valence-electron chi connectivity index (χ3n) is 3.43. The molecule has 0 spiro atoms. The van der Waals surface area contributed by atoms with Gasteiger partial charge in [-0.15, -0.1) is 0 Å². The van der Waals surface area contributed by atoms with Crippen molar-refractivity contribution in [2.75, 3.05) is 6.54 Å². The average molecular weight is 232 g/mol. The largest absolute Gasteiger partial charge is 0.352 e. The number of carbonyl (C=O) groups excluding carboxylic acids is 1. The Labute approximate surface area is 102 Å². The zero-order chi connectivity index (χ0) is 12.3. The number of nitrogens with one attached hydrogen (secondary N) is 1. The molecule has 1 amide bonds. The van der Waals surface area contributed by atoms with Crippen molar-refractivity contribution >= 4 is 5.91 Å². The van der Waals surface area contributed by atoms with Crippen molar-refractivity contribution in [3.05, 3.63) is 35.4 Å². The first-order valence-electron chi connectivity index (χ1n) is 6.30. The van der Waals surface area contributed by atoms with Crippen LogP contribution in [0.15, 0.2) is 24.3 Å². The average Bonchev–Trinajstić information content (AvgIpc) is 2.37. The van der Waals surface area contributed by atoms with E-state index in [0.29, 0.717) is 6.54 Å². The molecule has 3 heteroatoms. The van der Waals surface area contributed by atoms with Crippen LogP contribution in [-0.4, -0.2) is 18.5 Å². The van der Waals surface area contributed by atoms with Gasteiger partial charge in [-0.25, -0.2) is 0 Å². The smallest absolute Gasteiger partial charge is 0.227 e. The minimum Gasteiger partial charge on any atom is -0.352 e. The number of benzene rings is 1. The Kier molecular flexibility index (Phi) is 3.79. The van der Waals surface area contributed by atoms with Crippen LogP contribution in [0, 0.1) is 0 Å². The molecule has 17 heavy (non-hydrogen) atoms. The summed E-state index contributed by atoms with van der Waals surface area (Å²) in [7, 11) is 0. The summed E-state index contributed by atoms with van der Waals surface area (Å²) in [5.74, 6) is 0.129. The van der Waals surface area contributed by atoms with Crippen LogP contribution in [0.3, 0.4) is 0 Å². The van der Waals surface area contributed by atoms with Crippen molar-refractivity contribution in [3.8, 4) is 0 Å². The maximum atomic E-state index is 12.2. The molecule has 0 saturated heterocycles. The van der Waals surface area contributed by atoms with Gasteiger partial charge in [-0.3, -0.25) is 4.79 Å². The number of carbonyl (C=O) groups is 1. The molecule has 3 N–H and O–H groups in total. The van der Waals surface area contributed by atoms with Crippen LogP contribution in [0.1, 0.15) is 36.8 Å². The topological polar surface area (TPSA) is 55.1 Å². The number of fused-ring (bicyclic) bond motifs is 1. The van der Waals surface area contributed by atoms with E-state index in [1.807, 2.05) is 19.1 Å². The van der Waals surface area contributed by atoms with E-state index in [1.54, 1.807) is 0 Å². The monoisotopic (exact) mass is 232 g/mol. The number of aryl methyl sites for hydroxylation is 1. The van der Waals surface area contributed by atoms with Crippen LogP contribution < -0.4 is 11.1 Å². The highest BCUT2D eigenvalue weighted by Crippen LogP contribution is 2.31. The van der Waals surface area contributed by atoms with Crippen molar-refractivity contribution in [1.29, 1.82) is 0 Å². The molecule has 3 nitrogen and oxygen atoms in total. The Bertz CT molecular complexity index is 403. The summed E-state index contributed by atoms with van der Waals surface area (Å²) < 4.78 is 0. The summed E-state index contributed by atoms with van der Waals surface area (Å²) in [4.78, 5) is 12.2. The van der Waals surface area contributed by atoms with E-state index in [2.05, 4.69) is 17.4 Å². The van der Waals surface area contributed by atoms with Crippen LogP contribution in [-0.2, 0) is 11.2 Å². The van der Waals surface area contributed by atoms with E-state index < -0.39 is 0 Å². The molecular formula is C14H20N2O. The summed E-state index contributed by atoms with van der Waals surface area (Å²) in [5, 5.41) is 2.98. The predicted molar refractivity (Wildman–Crippen MR) is 68.8 cm³/mol. The highest BCUT2D eigenvalue weighted by Gasteiger charge is 2.26. The van der Waals surface area contributed by atoms with Crippen molar-refractivity contribution < 1.29 is 4.79 Å². The predicted octanol–water partition coefficient (Wildman–Crippen LogP) is 1.57. The zero-order valence-corrected chi connectivity index (χ0v) is 10.3. The minimum absolute atomic E-state index is 0.00829. The van der Waals surface area contributed by atoms with Crippen molar-refractivity contribution in [1.82, 2.24) is 5.32 Å². The molecule has 1 aliphatic rings. The van der Waals surface area contributed by atoms with Gasteiger partial charge in [0.25, 0.3) is 0 Å². The highest BCUT2D eigenvalue weighted by atomic mass is 16.1. The molecule has 1 aliphatic carbocycles. The van der Waals surface area contributed by atoms with Gasteiger partial charge in [-0.1, -0.05) is 24.3 Å². The fourth-order valence-corrected chi connectivity index (χ4v) is 2.43. The highest BCUT2D eigenvalue weighted by molar-refractivity contribution is 5.84. The molecule has 0 fully saturated rings. The van der Waals surface area contributed by atoms with Gasteiger partial charge in [-0.05, 0) is 37.3 Å². The van der Waals surface area contributed by atoms with Gasteiger partial charge in [0.2, 0.25) is 5.91 Å². The maximum absolute atomic E-state index is 12.2. The van der Waals surface area contributed by atoms with Gasteiger partial charge >= 0.3 is 0 Å². The first kappa shape index (κ1) is 12.1. The van der Waals surface area contributed by atoms with Gasteiger partial charge < -0.3 is 11.1 Å². The van der Waals surface area contributed by atoms with Crippen molar-refractivity contribution in [2.45, 2.75) is 38.1 Å². The Morgan fingerprint density at radius 1 is 1.53 bits per heavy atom. The summed E-state index contributed by atoms with van der Waals surface area (Å²) >= 11 is 0. The molecule has 2 rings (SSSR count). The Hall–Kier alpha value is -1.35. The molecule has 0 aromatic heterocycles. The van der Waals surface area contributed by atoms with Crippen LogP contribution in [0.5, 0.6) is 0 Å². The molecule has 2 atom stereocenters. The summed E-state index contributed by atoms with van der Waals surface area (Å²) in [5.41, 5.74) is 8.04. The lowest BCUT2D eigenvalue weighted by molar-refractivity contribution is -0.123. The van der Waals surface area contributed by atoms with Crippen LogP contribution in [0.4, 0.5) is 0 Å². The normalized spacial score (nSPS) is 20.5. The molecule has 0 heterocycles. The Morgan fingerprint density at radius 3 is 3.06 bits per heavy atom. The van der Waals surface area contributed by atoms with Gasteiger partial charge in [-0.2, -0.15) is 0 Å². The standard InChI is InChI=1S/C14H20N2O/c1-10(9-15)16-14(17)13-8-4-6-11-5-2-3-7-12(11)13/h2-3,5,7,10,13H,4,6,8-9,15H2,1H3,(H,16,17)/t10-,13?/m0/s1. The second-order valence-electron chi connectivity index (χ2n) is 4.79. The Morgan fingerprint density at radius 2 is 2.29 bits per heavy atom. The second-order valence-corrected chi connectivity index (χ2v) is 4.79. The molecule has 1 aromatic carbocycles. The first-order valence-corrected chi connectivity index (χ1v) is 6.30. The van der Waals surface area contributed by atoms with Crippen LogP contribution in [0.2, 0.25) is 0 Å². The maximum Gasteiger partial charge on any atom is 0.227 e. The number of nitrogens with two attached hydrogens (primary N) is 1. The van der Waals surface area contributed by atoms with Gasteiger partial charge in [0.1, 0.15) is 0 Å². The van der Waals surface area contributed by atoms with Crippen molar-refractivity contribution in [3.63, 3.8) is 0 Å². The summed E-state index contributed by atoms with van der Waals surface area (Å²) in [6, 6.07) is 8.31. The van der Waals surface area contributed by atoms with Crippen LogP contribution >= 0.6 is 0 Å². The van der Waals surface area contributed by atoms with Gasteiger partial charge in [0.15, 0.2) is 0 Å². The quantitative estimate of drug-likeness (QED) is 0.831. The third-order valence-corrected chi connectivity index (χ3v) is 3.43. The number of hydrogen-bond acceptors (Lipinski definition) is 2. The molecule has 0 bridgehead atoms. The number of amides is 1. The lowest BCUT2D eigenvalue weighted by atomic mass is 9.82. The molecule has 0 saturated carbocycles. The molecule has 1 unspecified atom stereocenters. The number of rotatable bonds is 3. The van der Waals surface area contributed by atoms with Gasteiger partial charge in [0.05, 0.1) is 5.92 Å². The zero-order valence-electron chi connectivity index (χ0n) is 10.3. The lowest BCUT2D eigenvalue weighted by Gasteiger charge is -2.25. The fourth-order valence-electron chi connectivity index (χ4n) is 2.43. The van der Waals surface area contributed by atoms with E-state index in [4.69, 9.17) is 5.73 Å². The summed E-state index contributed by atoms with van der Waals surface area (Å²) in [6.07, 6.45) is 3.12. The lowest BCUT2D eigenvalue weighted by Crippen LogP contribution is -2.41. The number of hydrogen-bond donors (Lipinski definition) is 2. The van der Waals surface area contributed by atoms with E-state index in [1.165, 1.54) is 11.1 Å². The second kappa shape index (κ2) is 5.32. The van der Waals surface area contributed by atoms with E-state index in [0.717, 1.165) is 19.3 Å². The molecule has 0 aliphatic heterocycles. The van der Waals surface area contributed by atoms with E-state index in [9.17, 15) is 4.79 Å². The minimum atomic E-state index is 0.00829. The molecule has 92 valence electrons. The first-order chi connectivity index (χ1) is 8.22. The van der Waals surface area contributed by atoms with E-state index >= 15 is 0 Å². The molecule has 1 aromatic rings. The SMILES string of the molecule is C[C@@H](CN)NC(=O)C1CCCc2ccccc21. The molecule has 0 radical (unpaired) electrons. The molecular weight excluding hydrogens is 212 g/mol. The third kappa shape index (κ3) is 2.67. The van der Waals surface area contributed by atoms with Crippen LogP contribution in [0.25, 0.3) is 0 Å². The Balaban J connectivity index is 2.15. The van der Waals surface area contributed by atoms with E-state index in [-0.39, 0.29) is 17.9 Å². The fraction of sp³-hybridized carbons (Fsp3) is 0.500. The summed E-state index contributed by atoms with van der Waals surface area (Å²) in [6.45, 7) is 2.42.